The molecule has 0 bridgehead atoms. The minimum atomic E-state index is -4.47. The molecule has 194 valence electrons. The van der Waals surface area contributed by atoms with Gasteiger partial charge in [-0.2, -0.15) is 13.2 Å². The number of piperidine rings is 1. The summed E-state index contributed by atoms with van der Waals surface area (Å²) in [5, 5.41) is 3.76. The Labute approximate surface area is 217 Å². The van der Waals surface area contributed by atoms with Crippen molar-refractivity contribution in [3.05, 3.63) is 75.9 Å². The van der Waals surface area contributed by atoms with Crippen LogP contribution in [0.1, 0.15) is 75.0 Å². The summed E-state index contributed by atoms with van der Waals surface area (Å²) in [6.07, 6.45) is -0.0385. The van der Waals surface area contributed by atoms with E-state index in [1.54, 1.807) is 17.0 Å². The predicted octanol–water partition coefficient (Wildman–Crippen LogP) is 6.44. The Bertz CT molecular complexity index is 1320. The molecule has 0 unspecified atom stereocenters. The average Bonchev–Trinajstić information content (AvgIpc) is 3.64. The van der Waals surface area contributed by atoms with E-state index in [9.17, 15) is 22.8 Å². The Morgan fingerprint density at radius 1 is 1.08 bits per heavy atom. The fourth-order valence-corrected chi connectivity index (χ4v) is 5.96. The van der Waals surface area contributed by atoms with Crippen molar-refractivity contribution in [3.8, 4) is 10.4 Å². The maximum atomic E-state index is 13.8. The van der Waals surface area contributed by atoms with E-state index < -0.39 is 11.7 Å². The fraction of sp³-hybridized carbons (Fsp3) is 0.393. The van der Waals surface area contributed by atoms with Crippen LogP contribution < -0.4 is 5.32 Å². The molecule has 2 amide bonds. The molecule has 5 nitrogen and oxygen atoms in total. The number of aromatic nitrogens is 1. The van der Waals surface area contributed by atoms with E-state index in [1.165, 1.54) is 17.4 Å². The molecule has 1 saturated carbocycles. The van der Waals surface area contributed by atoms with Crippen LogP contribution in [-0.2, 0) is 6.18 Å². The quantitative estimate of drug-likeness (QED) is 0.401. The van der Waals surface area contributed by atoms with E-state index >= 15 is 0 Å². The summed E-state index contributed by atoms with van der Waals surface area (Å²) in [7, 11) is 0. The van der Waals surface area contributed by atoms with Gasteiger partial charge in [0.05, 0.1) is 15.4 Å². The minimum Gasteiger partial charge on any atom is -0.350 e. The maximum Gasteiger partial charge on any atom is 0.416 e. The summed E-state index contributed by atoms with van der Waals surface area (Å²) in [4.78, 5) is 33.4. The van der Waals surface area contributed by atoms with Crippen LogP contribution in [0.15, 0.2) is 48.5 Å². The van der Waals surface area contributed by atoms with Crippen LogP contribution in [0.3, 0.4) is 0 Å². The van der Waals surface area contributed by atoms with Crippen molar-refractivity contribution in [2.75, 3.05) is 13.1 Å². The zero-order valence-corrected chi connectivity index (χ0v) is 21.3. The van der Waals surface area contributed by atoms with Gasteiger partial charge in [0.1, 0.15) is 5.69 Å². The van der Waals surface area contributed by atoms with Gasteiger partial charge in [-0.25, -0.2) is 4.98 Å². The minimum absolute atomic E-state index is 0.198. The SMILES string of the molecule is Cc1cccc(C(=O)NC[C@@H]2CCCCN2C(=O)c2nc(C3CC3)sc2-c2cccc(C(F)(F)F)c2)c1. The van der Waals surface area contributed by atoms with E-state index in [0.29, 0.717) is 29.1 Å². The van der Waals surface area contributed by atoms with Gasteiger partial charge in [0.25, 0.3) is 11.8 Å². The van der Waals surface area contributed by atoms with Crippen molar-refractivity contribution < 1.29 is 22.8 Å². The zero-order valence-electron chi connectivity index (χ0n) is 20.5. The number of hydrogen-bond donors (Lipinski definition) is 1. The van der Waals surface area contributed by atoms with Gasteiger partial charge in [0, 0.05) is 30.6 Å². The van der Waals surface area contributed by atoms with Crippen molar-refractivity contribution in [2.45, 2.75) is 57.2 Å². The van der Waals surface area contributed by atoms with Crippen molar-refractivity contribution in [3.63, 3.8) is 0 Å². The van der Waals surface area contributed by atoms with E-state index in [-0.39, 0.29) is 29.5 Å². The van der Waals surface area contributed by atoms with Gasteiger partial charge in [-0.05, 0) is 68.9 Å². The number of carbonyl (C=O) groups is 2. The first kappa shape index (κ1) is 25.4. The zero-order chi connectivity index (χ0) is 26.2. The number of hydrogen-bond acceptors (Lipinski definition) is 4. The van der Waals surface area contributed by atoms with E-state index in [2.05, 4.69) is 10.3 Å². The first-order valence-corrected chi connectivity index (χ1v) is 13.4. The van der Waals surface area contributed by atoms with Crippen molar-refractivity contribution in [1.29, 1.82) is 0 Å². The highest BCUT2D eigenvalue weighted by molar-refractivity contribution is 7.15. The number of alkyl halides is 3. The van der Waals surface area contributed by atoms with Gasteiger partial charge < -0.3 is 10.2 Å². The molecule has 1 aromatic heterocycles. The van der Waals surface area contributed by atoms with Crippen molar-refractivity contribution >= 4 is 23.2 Å². The molecule has 1 aliphatic carbocycles. The number of aryl methyl sites for hydroxylation is 1. The predicted molar refractivity (Wildman–Crippen MR) is 137 cm³/mol. The fourth-order valence-electron chi connectivity index (χ4n) is 4.73. The summed E-state index contributed by atoms with van der Waals surface area (Å²) in [5.41, 5.74) is 1.36. The highest BCUT2D eigenvalue weighted by atomic mass is 32.1. The second-order valence-electron chi connectivity index (χ2n) is 9.81. The standard InChI is InChI=1S/C28H28F3N3O2S/c1-17-6-4-8-20(14-17)25(35)32-16-22-10-2-3-13-34(22)27(36)23-24(37-26(33-23)18-11-12-18)19-7-5-9-21(15-19)28(29,30)31/h4-9,14-15,18,22H,2-3,10-13,16H2,1H3,(H,32,35)/t22-/m0/s1. The number of carbonyl (C=O) groups excluding carboxylic acids is 2. The van der Waals surface area contributed by atoms with Crippen LogP contribution in [0.2, 0.25) is 0 Å². The van der Waals surface area contributed by atoms with E-state index in [4.69, 9.17) is 0 Å². The lowest BCUT2D eigenvalue weighted by Crippen LogP contribution is -2.49. The molecule has 2 aliphatic rings. The molecule has 2 aromatic carbocycles. The number of thiazole rings is 1. The molecular formula is C28H28F3N3O2S. The monoisotopic (exact) mass is 527 g/mol. The van der Waals surface area contributed by atoms with Gasteiger partial charge in [-0.3, -0.25) is 9.59 Å². The Kier molecular flexibility index (Phi) is 7.07. The van der Waals surface area contributed by atoms with Crippen LogP contribution in [0.25, 0.3) is 10.4 Å². The highest BCUT2D eigenvalue weighted by Gasteiger charge is 2.36. The third-order valence-corrected chi connectivity index (χ3v) is 8.16. The summed E-state index contributed by atoms with van der Waals surface area (Å²) < 4.78 is 40.2. The number of halogens is 3. The van der Waals surface area contributed by atoms with Crippen LogP contribution in [0, 0.1) is 6.92 Å². The van der Waals surface area contributed by atoms with Crippen LogP contribution in [0.4, 0.5) is 13.2 Å². The molecule has 1 aliphatic heterocycles. The number of nitrogens with one attached hydrogen (secondary N) is 1. The van der Waals surface area contributed by atoms with E-state index in [0.717, 1.165) is 54.8 Å². The molecule has 1 saturated heterocycles. The Balaban J connectivity index is 1.40. The molecule has 0 radical (unpaired) electrons. The lowest BCUT2D eigenvalue weighted by atomic mass is 10.0. The maximum absolute atomic E-state index is 13.8. The number of rotatable bonds is 6. The summed E-state index contributed by atoms with van der Waals surface area (Å²) in [6, 6.07) is 12.2. The molecule has 37 heavy (non-hydrogen) atoms. The largest absolute Gasteiger partial charge is 0.416 e. The molecule has 2 fully saturated rings. The van der Waals surface area contributed by atoms with Gasteiger partial charge in [0.2, 0.25) is 0 Å². The number of nitrogens with zero attached hydrogens (tertiary/aromatic N) is 2. The Hall–Kier alpha value is -3.20. The summed E-state index contributed by atoms with van der Waals surface area (Å²) in [6.45, 7) is 2.74. The molecule has 1 atom stereocenters. The van der Waals surface area contributed by atoms with Crippen molar-refractivity contribution in [2.24, 2.45) is 0 Å². The molecule has 2 heterocycles. The van der Waals surface area contributed by atoms with Crippen molar-refractivity contribution in [1.82, 2.24) is 15.2 Å². The van der Waals surface area contributed by atoms with Gasteiger partial charge >= 0.3 is 6.18 Å². The highest BCUT2D eigenvalue weighted by Crippen LogP contribution is 2.45. The van der Waals surface area contributed by atoms with Crippen LogP contribution in [-0.4, -0.2) is 40.8 Å². The lowest BCUT2D eigenvalue weighted by molar-refractivity contribution is -0.137. The molecular weight excluding hydrogens is 499 g/mol. The molecule has 0 spiro atoms. The smallest absolute Gasteiger partial charge is 0.350 e. The lowest BCUT2D eigenvalue weighted by Gasteiger charge is -2.35. The normalized spacial score (nSPS) is 18.1. The van der Waals surface area contributed by atoms with Crippen LogP contribution >= 0.6 is 11.3 Å². The number of amides is 2. The Morgan fingerprint density at radius 2 is 1.86 bits per heavy atom. The third-order valence-electron chi connectivity index (χ3n) is 6.89. The average molecular weight is 528 g/mol. The van der Waals surface area contributed by atoms with Gasteiger partial charge in [0.15, 0.2) is 0 Å². The summed E-state index contributed by atoms with van der Waals surface area (Å²) >= 11 is 1.32. The second kappa shape index (κ2) is 10.3. The number of benzene rings is 2. The van der Waals surface area contributed by atoms with E-state index in [1.807, 2.05) is 25.1 Å². The third kappa shape index (κ3) is 5.71. The molecule has 9 heteroatoms. The topological polar surface area (TPSA) is 62.3 Å². The molecule has 3 aromatic rings. The van der Waals surface area contributed by atoms with Gasteiger partial charge in [-0.1, -0.05) is 29.8 Å². The van der Waals surface area contributed by atoms with Crippen LogP contribution in [0.5, 0.6) is 0 Å². The van der Waals surface area contributed by atoms with Gasteiger partial charge in [-0.15, -0.1) is 11.3 Å². The first-order chi connectivity index (χ1) is 17.7. The molecule has 1 N–H and O–H groups in total. The molecule has 5 rings (SSSR count). The number of likely N-dealkylation sites (tertiary alicyclic amines) is 1. The Morgan fingerprint density at radius 3 is 2.59 bits per heavy atom. The summed E-state index contributed by atoms with van der Waals surface area (Å²) in [5.74, 6) is -0.219. The first-order valence-electron chi connectivity index (χ1n) is 12.5. The second-order valence-corrected chi connectivity index (χ2v) is 10.8.